The highest BCUT2D eigenvalue weighted by molar-refractivity contribution is 7.89. The summed E-state index contributed by atoms with van der Waals surface area (Å²) in [6.07, 6.45) is -1.56. The number of hydrogen-bond donors (Lipinski definition) is 5. The fraction of sp³-hybridized carbons (Fsp3) is 0.308. The van der Waals surface area contributed by atoms with E-state index in [9.17, 15) is 41.1 Å². The Morgan fingerprint density at radius 2 is 1.70 bits per heavy atom. The molecule has 0 unspecified atom stereocenters. The van der Waals surface area contributed by atoms with E-state index in [0.29, 0.717) is 17.7 Å². The maximum atomic E-state index is 12.7. The van der Waals surface area contributed by atoms with Gasteiger partial charge in [0.05, 0.1) is 10.4 Å². The summed E-state index contributed by atoms with van der Waals surface area (Å²) in [5.74, 6) is -4.55. The molecule has 0 radical (unpaired) electrons. The number of alkyl halides is 3. The Balaban J connectivity index is 0.000000821. The van der Waals surface area contributed by atoms with Crippen LogP contribution in [0, 0.1) is 0 Å². The SMILES string of the molecule is CCCC[C@@H](N)Oc1ccn2c(=O)cc(C(=O)NC[C@H](NS(=O)(=O)c3ccccc3)C(=O)O)cc2c1.O=C(O)C(F)(F)F. The van der Waals surface area contributed by atoms with Gasteiger partial charge < -0.3 is 20.3 Å². The lowest BCUT2D eigenvalue weighted by Crippen LogP contribution is -2.48. The molecule has 13 nitrogen and oxygen atoms in total. The third-order valence-electron chi connectivity index (χ3n) is 5.53. The molecule has 1 aromatic carbocycles. The number of amides is 1. The Labute approximate surface area is 243 Å². The zero-order valence-electron chi connectivity index (χ0n) is 22.6. The second-order valence-electron chi connectivity index (χ2n) is 8.88. The van der Waals surface area contributed by atoms with Gasteiger partial charge in [0.1, 0.15) is 18.0 Å². The van der Waals surface area contributed by atoms with Crippen LogP contribution in [0.4, 0.5) is 13.2 Å². The number of rotatable bonds is 12. The van der Waals surface area contributed by atoms with Crippen molar-refractivity contribution in [2.24, 2.45) is 5.73 Å². The first-order chi connectivity index (χ1) is 20.0. The van der Waals surface area contributed by atoms with Crippen LogP contribution in [0.5, 0.6) is 5.75 Å². The fourth-order valence-corrected chi connectivity index (χ4v) is 4.60. The normalized spacial score (nSPS) is 12.9. The minimum atomic E-state index is -5.08. The Hall–Kier alpha value is -4.48. The molecule has 0 saturated carbocycles. The Morgan fingerprint density at radius 3 is 2.26 bits per heavy atom. The molecule has 43 heavy (non-hydrogen) atoms. The molecular weight excluding hydrogens is 601 g/mol. The Morgan fingerprint density at radius 1 is 1.07 bits per heavy atom. The first kappa shape index (κ1) is 34.7. The van der Waals surface area contributed by atoms with Crippen molar-refractivity contribution in [2.45, 2.75) is 49.5 Å². The molecule has 0 spiro atoms. The molecule has 2 aromatic heterocycles. The number of carbonyl (C=O) groups is 3. The maximum absolute atomic E-state index is 12.7. The lowest BCUT2D eigenvalue weighted by Gasteiger charge is -2.16. The number of sulfonamides is 1. The van der Waals surface area contributed by atoms with E-state index in [-0.39, 0.29) is 10.5 Å². The van der Waals surface area contributed by atoms with Gasteiger partial charge in [-0.25, -0.2) is 13.2 Å². The van der Waals surface area contributed by atoms with Crippen molar-refractivity contribution in [3.05, 3.63) is 76.7 Å². The van der Waals surface area contributed by atoms with Crippen LogP contribution in [0.3, 0.4) is 0 Å². The summed E-state index contributed by atoms with van der Waals surface area (Å²) in [5.41, 5.74) is 5.82. The Kier molecular flexibility index (Phi) is 12.2. The number of aromatic nitrogens is 1. The van der Waals surface area contributed by atoms with E-state index in [0.717, 1.165) is 18.9 Å². The van der Waals surface area contributed by atoms with Crippen LogP contribution in [-0.2, 0) is 19.6 Å². The van der Waals surface area contributed by atoms with E-state index < -0.39 is 58.4 Å². The predicted molar refractivity (Wildman–Crippen MR) is 146 cm³/mol. The number of nitrogens with one attached hydrogen (secondary N) is 2. The third kappa shape index (κ3) is 10.7. The van der Waals surface area contributed by atoms with Crippen molar-refractivity contribution in [2.75, 3.05) is 6.54 Å². The molecule has 0 saturated heterocycles. The van der Waals surface area contributed by atoms with Crippen LogP contribution in [0.15, 0.2) is 70.5 Å². The molecule has 2 heterocycles. The van der Waals surface area contributed by atoms with Gasteiger partial charge in [0.2, 0.25) is 10.0 Å². The van der Waals surface area contributed by atoms with Gasteiger partial charge >= 0.3 is 18.1 Å². The zero-order valence-corrected chi connectivity index (χ0v) is 23.4. The molecule has 3 aromatic rings. The van der Waals surface area contributed by atoms with E-state index in [1.807, 2.05) is 6.92 Å². The van der Waals surface area contributed by atoms with Crippen molar-refractivity contribution in [1.29, 1.82) is 0 Å². The second kappa shape index (κ2) is 15.1. The molecule has 1 amide bonds. The van der Waals surface area contributed by atoms with Gasteiger partial charge in [-0.1, -0.05) is 31.5 Å². The molecule has 0 fully saturated rings. The number of carbonyl (C=O) groups excluding carboxylic acids is 1. The molecule has 6 N–H and O–H groups in total. The quantitative estimate of drug-likeness (QED) is 0.184. The number of fused-ring (bicyclic) bond motifs is 1. The first-order valence-corrected chi connectivity index (χ1v) is 14.0. The molecule has 0 aliphatic carbocycles. The van der Waals surface area contributed by atoms with Crippen LogP contribution in [0.1, 0.15) is 36.5 Å². The van der Waals surface area contributed by atoms with E-state index >= 15 is 0 Å². The smallest absolute Gasteiger partial charge is 0.480 e. The van der Waals surface area contributed by atoms with Gasteiger partial charge in [-0.3, -0.25) is 24.5 Å². The number of unbranched alkanes of at least 4 members (excludes halogenated alkanes) is 1. The van der Waals surface area contributed by atoms with Crippen LogP contribution in [-0.4, -0.2) is 65.9 Å². The lowest BCUT2D eigenvalue weighted by molar-refractivity contribution is -0.192. The fourth-order valence-electron chi connectivity index (χ4n) is 3.39. The molecule has 2 atom stereocenters. The number of carboxylic acid groups (broad SMARTS) is 2. The third-order valence-corrected chi connectivity index (χ3v) is 7.01. The topological polar surface area (TPSA) is 207 Å². The average molecular weight is 631 g/mol. The zero-order chi connectivity index (χ0) is 32.4. The number of halogens is 3. The number of benzene rings is 1. The van der Waals surface area contributed by atoms with E-state index in [4.69, 9.17) is 20.4 Å². The maximum Gasteiger partial charge on any atom is 0.490 e. The summed E-state index contributed by atoms with van der Waals surface area (Å²) in [7, 11) is -4.13. The van der Waals surface area contributed by atoms with E-state index in [2.05, 4.69) is 10.0 Å². The summed E-state index contributed by atoms with van der Waals surface area (Å²) in [4.78, 5) is 45.6. The monoisotopic (exact) mass is 630 g/mol. The largest absolute Gasteiger partial charge is 0.490 e. The van der Waals surface area contributed by atoms with Gasteiger partial charge in [0.25, 0.3) is 11.5 Å². The van der Waals surface area contributed by atoms with Crippen molar-refractivity contribution < 1.29 is 50.9 Å². The molecular formula is C26H29F3N4O9S. The predicted octanol–water partition coefficient (Wildman–Crippen LogP) is 1.95. The van der Waals surface area contributed by atoms with Crippen molar-refractivity contribution in [1.82, 2.24) is 14.4 Å². The summed E-state index contributed by atoms with van der Waals surface area (Å²) >= 11 is 0. The number of nitrogens with two attached hydrogens (primary N) is 1. The standard InChI is InChI=1S/C24H28N4O7S.C2HF3O2/c1-2-3-9-21(25)35-18-10-11-28-17(14-18)12-16(13-22(28)29)23(30)26-15-20(24(31)32)27-36(33,34)19-7-5-4-6-8-19;3-2(4,5)1(6)7/h4-8,10-14,20-21,27H,2-3,9,15,25H2,1H3,(H,26,30)(H,31,32);(H,6,7)/t20-,21-;/m0./s1. The number of pyridine rings is 2. The molecule has 3 rings (SSSR count). The first-order valence-electron chi connectivity index (χ1n) is 12.5. The van der Waals surface area contributed by atoms with E-state index in [1.165, 1.54) is 40.9 Å². The second-order valence-corrected chi connectivity index (χ2v) is 10.6. The van der Waals surface area contributed by atoms with E-state index in [1.54, 1.807) is 18.2 Å². The highest BCUT2D eigenvalue weighted by Crippen LogP contribution is 2.17. The minimum absolute atomic E-state index is 0.0255. The van der Waals surface area contributed by atoms with Crippen LogP contribution in [0.25, 0.3) is 5.52 Å². The summed E-state index contributed by atoms with van der Waals surface area (Å²) in [5, 5.41) is 18.9. The van der Waals surface area contributed by atoms with Crippen LogP contribution >= 0.6 is 0 Å². The molecule has 17 heteroatoms. The Bertz CT molecular complexity index is 1600. The minimum Gasteiger partial charge on any atom is -0.480 e. The number of nitrogens with zero attached hydrogens (tertiary/aromatic N) is 1. The summed E-state index contributed by atoms with van der Waals surface area (Å²) in [6, 6.07) is 11.3. The van der Waals surface area contributed by atoms with Crippen LogP contribution < -0.4 is 26.1 Å². The molecule has 0 bridgehead atoms. The number of hydrogen-bond acceptors (Lipinski definition) is 8. The average Bonchev–Trinajstić information content (AvgIpc) is 2.93. The van der Waals surface area contributed by atoms with Gasteiger partial charge in [-0.05, 0) is 37.1 Å². The van der Waals surface area contributed by atoms with Crippen molar-refractivity contribution >= 4 is 33.4 Å². The van der Waals surface area contributed by atoms with Gasteiger partial charge in [0, 0.05) is 30.4 Å². The van der Waals surface area contributed by atoms with Gasteiger partial charge in [-0.15, -0.1) is 0 Å². The van der Waals surface area contributed by atoms with Gasteiger partial charge in [0.15, 0.2) is 0 Å². The summed E-state index contributed by atoms with van der Waals surface area (Å²) < 4.78 is 65.7. The number of aliphatic carboxylic acids is 2. The molecule has 0 aliphatic rings. The van der Waals surface area contributed by atoms with Crippen molar-refractivity contribution in [3.8, 4) is 5.75 Å². The highest BCUT2D eigenvalue weighted by Gasteiger charge is 2.38. The number of ether oxygens (including phenoxy) is 1. The lowest BCUT2D eigenvalue weighted by atomic mass is 10.2. The number of carboxylic acids is 2. The van der Waals surface area contributed by atoms with Crippen LogP contribution in [0.2, 0.25) is 0 Å². The van der Waals surface area contributed by atoms with Crippen molar-refractivity contribution in [3.63, 3.8) is 0 Å². The summed E-state index contributed by atoms with van der Waals surface area (Å²) in [6.45, 7) is 1.49. The molecule has 234 valence electrons. The molecule has 0 aliphatic heterocycles. The van der Waals surface area contributed by atoms with Gasteiger partial charge in [-0.2, -0.15) is 17.9 Å². The highest BCUT2D eigenvalue weighted by atomic mass is 32.2.